The number of ether oxygens (including phenoxy) is 14. The van der Waals surface area contributed by atoms with Gasteiger partial charge in [0.05, 0.1) is 64.3 Å². The number of hydrogen-bond donors (Lipinski definition) is 3. The van der Waals surface area contributed by atoms with E-state index in [9.17, 15) is 14.4 Å². The van der Waals surface area contributed by atoms with Gasteiger partial charge in [-0.3, -0.25) is 4.79 Å². The molecule has 0 radical (unpaired) electrons. The summed E-state index contributed by atoms with van der Waals surface area (Å²) in [6.45, 7) is 15.9. The zero-order valence-corrected chi connectivity index (χ0v) is 61.2. The van der Waals surface area contributed by atoms with Gasteiger partial charge in [0, 0.05) is 17.9 Å². The third-order valence-electron chi connectivity index (χ3n) is 18.3. The summed E-state index contributed by atoms with van der Waals surface area (Å²) in [4.78, 5) is 73.0. The van der Waals surface area contributed by atoms with Gasteiger partial charge in [-0.15, -0.1) is 0 Å². The lowest BCUT2D eigenvalue weighted by Crippen LogP contribution is -2.71. The SMILES string of the molecule is COC(=O)[C@@]1(O[C@@H]2[C@H](O[C@@H]3O[C@H](COC(C)=O)[C@H](OCc4ccccc4)[C@H](O[Si](C)(C)C(C)(C)C)[C@H]3NC(=O)OCC(Cl)(Cl)Cl)[C@@H](COCc3ccccc3)[SH](c3ccc(C)cc3)C[C@@H]2OC(=O)c2ccccc2)C[C@@H]2OC(=O)N[C@@H]2[C@@H]([C@@H]2OC(C)(C)O[C@@H]2COCc2ccccc2)O1. The van der Waals surface area contributed by atoms with Crippen LogP contribution in [0.5, 0.6) is 0 Å². The van der Waals surface area contributed by atoms with Gasteiger partial charge in [-0.25, -0.2) is 30.1 Å². The summed E-state index contributed by atoms with van der Waals surface area (Å²) in [5.74, 6) is -6.28. The number of alkyl carbamates (subject to hydrolysis) is 2. The van der Waals surface area contributed by atoms with E-state index in [1.165, 1.54) is 6.92 Å². The summed E-state index contributed by atoms with van der Waals surface area (Å²) < 4.78 is 98.7. The second-order valence-electron chi connectivity index (χ2n) is 27.1. The minimum Gasteiger partial charge on any atom is -0.465 e. The highest BCUT2D eigenvalue weighted by atomic mass is 35.6. The van der Waals surface area contributed by atoms with E-state index < -0.39 is 174 Å². The molecule has 5 aliphatic rings. The van der Waals surface area contributed by atoms with Crippen LogP contribution in [0.25, 0.3) is 0 Å². The normalized spacial score (nSPS) is 29.5. The molecular weight excluding hydrogens is 1380 g/mol. The predicted octanol–water partition coefficient (Wildman–Crippen LogP) is 11.6. The van der Waals surface area contributed by atoms with Gasteiger partial charge in [0.2, 0.25) is 3.79 Å². The maximum Gasteiger partial charge on any atom is 0.407 e. The van der Waals surface area contributed by atoms with Crippen LogP contribution in [0, 0.1) is 6.92 Å². The topological polar surface area (TPSA) is 248 Å². The van der Waals surface area contributed by atoms with Crippen molar-refractivity contribution in [2.75, 3.05) is 39.3 Å². The summed E-state index contributed by atoms with van der Waals surface area (Å²) in [5, 5.41) is 4.54. The molecule has 0 aliphatic carbocycles. The molecule has 5 aromatic carbocycles. The molecule has 0 bridgehead atoms. The van der Waals surface area contributed by atoms with Crippen molar-refractivity contribution in [3.8, 4) is 0 Å². The van der Waals surface area contributed by atoms with Gasteiger partial charge in [0.15, 0.2) is 20.4 Å². The van der Waals surface area contributed by atoms with Gasteiger partial charge in [-0.05, 0) is 72.6 Å². The van der Waals surface area contributed by atoms with Gasteiger partial charge in [0.1, 0.15) is 74.2 Å². The lowest BCUT2D eigenvalue weighted by atomic mass is 9.88. The first-order valence-electron chi connectivity index (χ1n) is 33.0. The van der Waals surface area contributed by atoms with Crippen LogP contribution in [-0.4, -0.2) is 178 Å². The number of alkyl halides is 3. The Labute approximate surface area is 596 Å². The number of esters is 3. The first-order valence-corrected chi connectivity index (χ1v) is 38.6. The Hall–Kier alpha value is -5.91. The van der Waals surface area contributed by atoms with Crippen molar-refractivity contribution in [2.45, 2.75) is 198 Å². The van der Waals surface area contributed by atoms with Crippen molar-refractivity contribution in [3.05, 3.63) is 173 Å². The molecule has 0 aromatic heterocycles. The summed E-state index contributed by atoms with van der Waals surface area (Å²) >= 11 is 18.7. The lowest BCUT2D eigenvalue weighted by Gasteiger charge is -2.54. The maximum atomic E-state index is 15.6. The van der Waals surface area contributed by atoms with E-state index in [4.69, 9.17) is 106 Å². The fraction of sp³-hybridized carbons (Fsp3) is 0.514. The number of thiol groups is 1. The van der Waals surface area contributed by atoms with Gasteiger partial charge in [-0.1, -0.05) is 195 Å². The van der Waals surface area contributed by atoms with Gasteiger partial charge >= 0.3 is 30.1 Å². The highest BCUT2D eigenvalue weighted by Crippen LogP contribution is 2.53. The molecule has 99 heavy (non-hydrogen) atoms. The molecule has 5 fully saturated rings. The Balaban J connectivity index is 1.17. The zero-order chi connectivity index (χ0) is 70.9. The van der Waals surface area contributed by atoms with Crippen LogP contribution in [-0.2, 0) is 100 Å². The molecule has 2 N–H and O–H groups in total. The van der Waals surface area contributed by atoms with E-state index in [2.05, 4.69) is 10.6 Å². The van der Waals surface area contributed by atoms with Gasteiger partial charge in [0.25, 0.3) is 5.79 Å². The molecule has 10 rings (SSSR count). The largest absolute Gasteiger partial charge is 0.465 e. The van der Waals surface area contributed by atoms with E-state index in [0.29, 0.717) is 0 Å². The number of benzene rings is 5. The van der Waals surface area contributed by atoms with Crippen LogP contribution in [0.3, 0.4) is 0 Å². The summed E-state index contributed by atoms with van der Waals surface area (Å²) in [6.07, 6.45) is -16.7. The number of halogens is 3. The van der Waals surface area contributed by atoms with Gasteiger partial charge in [-0.2, -0.15) is 0 Å². The number of amides is 2. The molecule has 538 valence electrons. The Morgan fingerprint density at radius 1 is 0.707 bits per heavy atom. The Kier molecular flexibility index (Phi) is 25.3. The molecule has 5 aromatic rings. The van der Waals surface area contributed by atoms with E-state index in [1.54, 1.807) is 44.2 Å². The average Bonchev–Trinajstić information content (AvgIpc) is 1.70. The lowest BCUT2D eigenvalue weighted by molar-refractivity contribution is -0.346. The standard InChI is InChI=1S/C72H89Cl3N2O20SSi/c1-44-31-33-50(34-32-44)98-42-54(89-64(79)49-29-21-14-22-30-49)60(95-71(66(80)83-8)35-51-56(76-68(82)91-51)62(96-71)59-53(93-70(6,7)94-59)39-84-36-46-23-15-11-16-24-46)61(55(98)41-85-37-47-25-17-12-18-26-47)92-65-57(77-67(81)88-43-72(73,74)75)63(97-99(9,10)69(3,4)5)58(52(90-65)40-86-45(2)78)87-38-48-27-19-13-20-28-48/h11-34,51-63,65,98H,35-43H2,1-10H3,(H,76,82)(H,77,81)/t51-,52+,53+,54-,55+,56-,57+,58-,59+,60-,61+,62-,63+,65-,71+/m0/s1. The van der Waals surface area contributed by atoms with E-state index in [0.717, 1.165) is 34.3 Å². The van der Waals surface area contributed by atoms with Crippen LogP contribution in [0.15, 0.2) is 150 Å². The van der Waals surface area contributed by atoms with Crippen LogP contribution >= 0.6 is 45.7 Å². The highest BCUT2D eigenvalue weighted by Gasteiger charge is 2.65. The third-order valence-corrected chi connectivity index (χ3v) is 26.1. The number of methoxy groups -OCH3 is 1. The monoisotopic (exact) mass is 1470 g/mol. The molecule has 5 aliphatic heterocycles. The van der Waals surface area contributed by atoms with E-state index in [1.807, 2.05) is 156 Å². The number of carbonyl (C=O) groups is 5. The van der Waals surface area contributed by atoms with Crippen molar-refractivity contribution in [3.63, 3.8) is 0 Å². The molecule has 5 saturated heterocycles. The van der Waals surface area contributed by atoms with E-state index in [-0.39, 0.29) is 44.4 Å². The number of rotatable bonds is 26. The van der Waals surface area contributed by atoms with E-state index >= 15 is 9.59 Å². The molecule has 5 heterocycles. The molecule has 2 amide bonds. The molecule has 27 heteroatoms. The second-order valence-corrected chi connectivity index (χ2v) is 36.9. The maximum absolute atomic E-state index is 15.6. The Morgan fingerprint density at radius 2 is 1.30 bits per heavy atom. The number of hydrogen-bond acceptors (Lipinski definition) is 20. The van der Waals surface area contributed by atoms with Crippen molar-refractivity contribution < 1.29 is 94.7 Å². The van der Waals surface area contributed by atoms with Crippen LogP contribution in [0.4, 0.5) is 9.59 Å². The third kappa shape index (κ3) is 19.6. The smallest absolute Gasteiger partial charge is 0.407 e. The number of aryl methyl sites for hydroxylation is 1. The van der Waals surface area contributed by atoms with Crippen LogP contribution in [0.1, 0.15) is 80.6 Å². The number of carbonyl (C=O) groups excluding carboxylic acids is 5. The fourth-order valence-corrected chi connectivity index (χ4v) is 16.9. The molecule has 1 unspecified atom stereocenters. The fourth-order valence-electron chi connectivity index (χ4n) is 12.5. The first-order chi connectivity index (χ1) is 47.1. The Bertz CT molecular complexity index is 3490. The molecule has 16 atom stereocenters. The predicted molar refractivity (Wildman–Crippen MR) is 371 cm³/mol. The molecule has 22 nitrogen and oxygen atoms in total. The highest BCUT2D eigenvalue weighted by molar-refractivity contribution is 8.17. The molecule has 0 spiro atoms. The number of nitrogens with one attached hydrogen (secondary N) is 2. The number of fused-ring (bicyclic) bond motifs is 1. The van der Waals surface area contributed by atoms with Gasteiger partial charge < -0.3 is 81.4 Å². The average molecular weight is 1470 g/mol. The van der Waals surface area contributed by atoms with Crippen molar-refractivity contribution in [1.82, 2.24) is 10.6 Å². The summed E-state index contributed by atoms with van der Waals surface area (Å²) in [6, 6.07) is 42.3. The minimum atomic E-state index is -3.05. The quantitative estimate of drug-likeness (QED) is 0.0153. The minimum absolute atomic E-state index is 0.00626. The van der Waals surface area contributed by atoms with Crippen molar-refractivity contribution >= 4 is 84.1 Å². The Morgan fingerprint density at radius 3 is 1.89 bits per heavy atom. The van der Waals surface area contributed by atoms with Crippen molar-refractivity contribution in [1.29, 1.82) is 0 Å². The first kappa shape index (κ1) is 75.7. The summed E-state index contributed by atoms with van der Waals surface area (Å²) in [7, 11) is -3.57. The van der Waals surface area contributed by atoms with Crippen LogP contribution < -0.4 is 10.6 Å². The summed E-state index contributed by atoms with van der Waals surface area (Å²) in [5.41, 5.74) is 3.64. The zero-order valence-electron chi connectivity index (χ0n) is 57.0. The van der Waals surface area contributed by atoms with Crippen molar-refractivity contribution in [2.24, 2.45) is 0 Å². The second kappa shape index (κ2) is 33.0. The molecule has 0 saturated carbocycles. The van der Waals surface area contributed by atoms with Crippen LogP contribution in [0.2, 0.25) is 18.1 Å². The molecular formula is C72H89Cl3N2O20SSi.